The van der Waals surface area contributed by atoms with Gasteiger partial charge in [0.25, 0.3) is 0 Å². The Morgan fingerprint density at radius 3 is 2.78 bits per heavy atom. The van der Waals surface area contributed by atoms with Crippen LogP contribution in [0, 0.1) is 13.8 Å². The molecule has 0 aliphatic carbocycles. The summed E-state index contributed by atoms with van der Waals surface area (Å²) in [4.78, 5) is 10.7. The minimum Gasteiger partial charge on any atom is -0.469 e. The maximum Gasteiger partial charge on any atom is 0.187 e. The van der Waals surface area contributed by atoms with Gasteiger partial charge in [0.1, 0.15) is 5.76 Å². The van der Waals surface area contributed by atoms with E-state index in [9.17, 15) is 4.79 Å². The Morgan fingerprint density at radius 2 is 2.33 bits per heavy atom. The Balaban J connectivity index is 3.34. The molecule has 0 aliphatic rings. The highest BCUT2D eigenvalue weighted by Gasteiger charge is 1.91. The molecule has 0 bridgehead atoms. The van der Waals surface area contributed by atoms with Crippen molar-refractivity contribution in [2.24, 2.45) is 0 Å². The van der Waals surface area contributed by atoms with Crippen molar-refractivity contribution in [3.8, 4) is 0 Å². The van der Waals surface area contributed by atoms with E-state index in [-0.39, 0.29) is 5.43 Å². The average Bonchev–Trinajstić information content (AvgIpc) is 1.80. The summed E-state index contributed by atoms with van der Waals surface area (Å²) >= 11 is 0. The van der Waals surface area contributed by atoms with Crippen LogP contribution in [0.4, 0.5) is 0 Å². The van der Waals surface area contributed by atoms with Gasteiger partial charge in [-0.05, 0) is 6.92 Å². The van der Waals surface area contributed by atoms with E-state index in [4.69, 9.17) is 4.42 Å². The summed E-state index contributed by atoms with van der Waals surface area (Å²) in [6.45, 7) is 5.16. The summed E-state index contributed by atoms with van der Waals surface area (Å²) in [7, 11) is 0. The standard InChI is InChI=1S/C7H7O2/c1-5-4-9-6(2)3-7(5)8/h3-4H,2H2,1H3. The first-order valence-electron chi connectivity index (χ1n) is 2.61. The zero-order valence-corrected chi connectivity index (χ0v) is 5.18. The van der Waals surface area contributed by atoms with Gasteiger partial charge in [0, 0.05) is 18.6 Å². The first-order chi connectivity index (χ1) is 4.20. The molecular formula is C7H7O2. The van der Waals surface area contributed by atoms with E-state index in [0.29, 0.717) is 11.3 Å². The summed E-state index contributed by atoms with van der Waals surface area (Å²) in [5.41, 5.74) is 0.591. The molecule has 0 aliphatic heterocycles. The van der Waals surface area contributed by atoms with Crippen LogP contribution >= 0.6 is 0 Å². The molecule has 0 saturated heterocycles. The molecule has 1 aromatic heterocycles. The summed E-state index contributed by atoms with van der Waals surface area (Å²) in [6.07, 6.45) is 1.41. The Morgan fingerprint density at radius 1 is 1.67 bits per heavy atom. The number of hydrogen-bond acceptors (Lipinski definition) is 2. The molecule has 0 fully saturated rings. The summed E-state index contributed by atoms with van der Waals surface area (Å²) in [5.74, 6) is 0.408. The highest BCUT2D eigenvalue weighted by Crippen LogP contribution is 1.93. The van der Waals surface area contributed by atoms with Crippen molar-refractivity contribution in [2.45, 2.75) is 6.92 Å². The van der Waals surface area contributed by atoms with Gasteiger partial charge < -0.3 is 4.42 Å². The molecule has 0 N–H and O–H groups in total. The summed E-state index contributed by atoms with van der Waals surface area (Å²) < 4.78 is 4.83. The zero-order chi connectivity index (χ0) is 6.85. The number of rotatable bonds is 0. The van der Waals surface area contributed by atoms with Crippen LogP contribution in [-0.2, 0) is 0 Å². The molecule has 1 heterocycles. The van der Waals surface area contributed by atoms with Gasteiger partial charge in [0.05, 0.1) is 6.26 Å². The Labute approximate surface area is 53.1 Å². The maximum atomic E-state index is 10.7. The van der Waals surface area contributed by atoms with Gasteiger partial charge in [-0.1, -0.05) is 0 Å². The molecule has 0 unspecified atom stereocenters. The molecule has 0 saturated carbocycles. The van der Waals surface area contributed by atoms with Crippen LogP contribution in [0.3, 0.4) is 0 Å². The van der Waals surface area contributed by atoms with Crippen molar-refractivity contribution >= 4 is 0 Å². The monoisotopic (exact) mass is 123 g/mol. The van der Waals surface area contributed by atoms with Crippen LogP contribution < -0.4 is 5.43 Å². The van der Waals surface area contributed by atoms with Crippen LogP contribution in [0.5, 0.6) is 0 Å². The lowest BCUT2D eigenvalue weighted by Crippen LogP contribution is -2.01. The van der Waals surface area contributed by atoms with Crippen LogP contribution in [-0.4, -0.2) is 0 Å². The number of aryl methyl sites for hydroxylation is 1. The summed E-state index contributed by atoms with van der Waals surface area (Å²) in [5, 5.41) is 0. The zero-order valence-electron chi connectivity index (χ0n) is 5.18. The molecule has 0 aromatic carbocycles. The van der Waals surface area contributed by atoms with Crippen molar-refractivity contribution in [3.63, 3.8) is 0 Å². The van der Waals surface area contributed by atoms with Gasteiger partial charge in [0.2, 0.25) is 0 Å². The molecule has 2 nitrogen and oxygen atoms in total. The molecule has 9 heavy (non-hydrogen) atoms. The van der Waals surface area contributed by atoms with E-state index in [2.05, 4.69) is 6.92 Å². The number of hydrogen-bond donors (Lipinski definition) is 0. The lowest BCUT2D eigenvalue weighted by molar-refractivity contribution is 0.525. The van der Waals surface area contributed by atoms with E-state index >= 15 is 0 Å². The Kier molecular flexibility index (Phi) is 1.39. The minimum absolute atomic E-state index is 0.0220. The molecule has 47 valence electrons. The van der Waals surface area contributed by atoms with E-state index in [0.717, 1.165) is 0 Å². The Bertz CT molecular complexity index is 260. The van der Waals surface area contributed by atoms with Gasteiger partial charge in [0.15, 0.2) is 5.43 Å². The highest BCUT2D eigenvalue weighted by atomic mass is 16.3. The van der Waals surface area contributed by atoms with Gasteiger partial charge in [-0.15, -0.1) is 0 Å². The second kappa shape index (κ2) is 2.05. The van der Waals surface area contributed by atoms with Crippen molar-refractivity contribution in [1.82, 2.24) is 0 Å². The highest BCUT2D eigenvalue weighted by molar-refractivity contribution is 5.10. The normalized spacial score (nSPS) is 9.56. The molecule has 0 amide bonds. The van der Waals surface area contributed by atoms with Crippen LogP contribution in [0.2, 0.25) is 0 Å². The predicted molar refractivity (Wildman–Crippen MR) is 34.2 cm³/mol. The van der Waals surface area contributed by atoms with Gasteiger partial charge >= 0.3 is 0 Å². The third-order valence-electron chi connectivity index (χ3n) is 1.07. The topological polar surface area (TPSA) is 30.2 Å². The van der Waals surface area contributed by atoms with E-state index < -0.39 is 0 Å². The minimum atomic E-state index is -0.0220. The fourth-order valence-electron chi connectivity index (χ4n) is 0.516. The predicted octanol–water partition coefficient (Wildman–Crippen LogP) is 1.13. The molecule has 1 aromatic rings. The molecule has 2 heteroatoms. The third kappa shape index (κ3) is 1.19. The quantitative estimate of drug-likeness (QED) is 0.517. The molecule has 0 spiro atoms. The molecule has 0 atom stereocenters. The lowest BCUT2D eigenvalue weighted by Gasteiger charge is -1.89. The Hall–Kier alpha value is -1.05. The van der Waals surface area contributed by atoms with Gasteiger partial charge in [-0.2, -0.15) is 0 Å². The van der Waals surface area contributed by atoms with Crippen molar-refractivity contribution in [1.29, 1.82) is 0 Å². The lowest BCUT2D eigenvalue weighted by atomic mass is 10.3. The smallest absolute Gasteiger partial charge is 0.187 e. The van der Waals surface area contributed by atoms with Crippen LogP contribution in [0.15, 0.2) is 21.5 Å². The second-order valence-electron chi connectivity index (χ2n) is 1.89. The third-order valence-corrected chi connectivity index (χ3v) is 1.07. The van der Waals surface area contributed by atoms with Crippen molar-refractivity contribution < 1.29 is 4.42 Å². The average molecular weight is 123 g/mol. The maximum absolute atomic E-state index is 10.7. The SMILES string of the molecule is [CH2]c1cc(=O)c(C)co1. The van der Waals surface area contributed by atoms with Crippen molar-refractivity contribution in [3.05, 3.63) is 40.8 Å². The fourth-order valence-corrected chi connectivity index (χ4v) is 0.516. The second-order valence-corrected chi connectivity index (χ2v) is 1.89. The van der Waals surface area contributed by atoms with E-state index in [1.165, 1.54) is 12.3 Å². The van der Waals surface area contributed by atoms with Crippen molar-refractivity contribution in [2.75, 3.05) is 0 Å². The van der Waals surface area contributed by atoms with E-state index in [1.54, 1.807) is 6.92 Å². The van der Waals surface area contributed by atoms with Gasteiger partial charge in [-0.25, -0.2) is 0 Å². The molecule has 1 rings (SSSR count). The van der Waals surface area contributed by atoms with Crippen LogP contribution in [0.25, 0.3) is 0 Å². The first kappa shape index (κ1) is 6.08. The van der Waals surface area contributed by atoms with Crippen LogP contribution in [0.1, 0.15) is 11.3 Å². The largest absolute Gasteiger partial charge is 0.469 e. The molecular weight excluding hydrogens is 116 g/mol. The van der Waals surface area contributed by atoms with E-state index in [1.807, 2.05) is 0 Å². The van der Waals surface area contributed by atoms with Gasteiger partial charge in [-0.3, -0.25) is 4.79 Å². The first-order valence-corrected chi connectivity index (χ1v) is 2.61. The molecule has 1 radical (unpaired) electrons. The summed E-state index contributed by atoms with van der Waals surface area (Å²) in [6, 6.07) is 1.37. The fraction of sp³-hybridized carbons (Fsp3) is 0.143.